The lowest BCUT2D eigenvalue weighted by Gasteiger charge is -2.48. The Kier molecular flexibility index (Phi) is 10.1. The Morgan fingerprint density at radius 2 is 1.73 bits per heavy atom. The van der Waals surface area contributed by atoms with Crippen LogP contribution in [0.25, 0.3) is 22.0 Å². The Balaban J connectivity index is 1.21. The van der Waals surface area contributed by atoms with Crippen LogP contribution in [-0.2, 0) is 31.9 Å². The van der Waals surface area contributed by atoms with Crippen LogP contribution in [0.4, 0.5) is 0 Å². The molecule has 0 spiro atoms. The maximum atomic E-state index is 12.5. The predicted molar refractivity (Wildman–Crippen MR) is 213 cm³/mol. The van der Waals surface area contributed by atoms with Gasteiger partial charge in [0.2, 0.25) is 12.0 Å². The number of aliphatic hydroxyl groups is 3. The minimum absolute atomic E-state index is 0.116. The van der Waals surface area contributed by atoms with Crippen LogP contribution in [0.2, 0.25) is 0 Å². The van der Waals surface area contributed by atoms with Gasteiger partial charge in [0, 0.05) is 57.4 Å². The Morgan fingerprint density at radius 1 is 0.967 bits per heavy atom. The number of H-pyrrole nitrogens is 1. The number of hydrogen-bond donors (Lipinski definition) is 7. The molecular formula is C44H45N3O13. The third-order valence-electron chi connectivity index (χ3n) is 12.1. The molecule has 9 rings (SSSR count). The maximum absolute atomic E-state index is 12.5. The Hall–Kier alpha value is -5.88. The molecule has 16 heteroatoms. The van der Waals surface area contributed by atoms with Gasteiger partial charge in [-0.3, -0.25) is 9.59 Å². The molecule has 4 aliphatic heterocycles. The van der Waals surface area contributed by atoms with Gasteiger partial charge in [-0.25, -0.2) is 0 Å². The summed E-state index contributed by atoms with van der Waals surface area (Å²) in [7, 11) is 3.13. The molecule has 0 radical (unpaired) electrons. The van der Waals surface area contributed by atoms with Crippen molar-refractivity contribution in [3.05, 3.63) is 101 Å². The smallest absolute Gasteiger partial charge is 0.317 e. The number of esters is 1. The second-order valence-corrected chi connectivity index (χ2v) is 15.6. The Bertz CT molecular complexity index is 2460. The molecule has 1 saturated heterocycles. The van der Waals surface area contributed by atoms with E-state index in [-0.39, 0.29) is 24.5 Å². The van der Waals surface area contributed by atoms with Crippen molar-refractivity contribution in [3.8, 4) is 39.9 Å². The number of nitrogens with two attached hydrogens (primary N) is 2. The number of methoxy groups -OCH3 is 2. The number of carbonyl (C=O) groups is 2. The zero-order chi connectivity index (χ0) is 42.0. The standard InChI is InChI=1S/C44H45N3O13/c1-54-26-13-12-23-33-28(16-20-8-4-3-5-9-20)56-29-17-27-22(32(24-19-47-25-11-7-6-10-21(24)25)34(29)38(33)59-36(23)37(26)55-2)14-15-44(53)41(52)35(51)39(60-43(44)57-27)40(42(45)46)58-31(50)18-30(48)49/h3-13,17,19,28,33,35,38-43,47,51-53H,14-16,18,45-46H2,1-2H3,(H,48,49)/t28-,33+,35+,38+,39-,40-,41-,43+,44+/m0/s1. The van der Waals surface area contributed by atoms with Gasteiger partial charge in [0.1, 0.15) is 48.4 Å². The predicted octanol–water partition coefficient (Wildman–Crippen LogP) is 3.21. The van der Waals surface area contributed by atoms with E-state index in [9.17, 15) is 24.9 Å². The molecule has 0 aliphatic carbocycles. The van der Waals surface area contributed by atoms with Crippen LogP contribution in [0.1, 0.15) is 47.1 Å². The Labute approximate surface area is 343 Å². The number of hydrogen-bond acceptors (Lipinski definition) is 14. The monoisotopic (exact) mass is 823 g/mol. The number of nitrogens with one attached hydrogen (secondary N) is 1. The van der Waals surface area contributed by atoms with E-state index in [4.69, 9.17) is 49.7 Å². The maximum Gasteiger partial charge on any atom is 0.317 e. The van der Waals surface area contributed by atoms with E-state index in [1.807, 2.05) is 72.9 Å². The van der Waals surface area contributed by atoms with Crippen molar-refractivity contribution >= 4 is 22.8 Å². The summed E-state index contributed by atoms with van der Waals surface area (Å²) in [5, 5.41) is 45.4. The number of ether oxygens (including phenoxy) is 7. The molecule has 1 aromatic heterocycles. The van der Waals surface area contributed by atoms with Crippen LogP contribution in [0.15, 0.2) is 79.0 Å². The van der Waals surface area contributed by atoms with Crippen LogP contribution in [0, 0.1) is 0 Å². The van der Waals surface area contributed by atoms with Gasteiger partial charge in [0.15, 0.2) is 23.2 Å². The highest BCUT2D eigenvalue weighted by Crippen LogP contribution is 2.62. The fourth-order valence-electron chi connectivity index (χ4n) is 9.30. The summed E-state index contributed by atoms with van der Waals surface area (Å²) >= 11 is 0. The molecular weight excluding hydrogens is 778 g/mol. The van der Waals surface area contributed by atoms with Gasteiger partial charge in [0.25, 0.3) is 0 Å². The lowest BCUT2D eigenvalue weighted by molar-refractivity contribution is -0.329. The number of carbonyl (C=O) groups excluding carboxylic acids is 1. The fourth-order valence-corrected chi connectivity index (χ4v) is 9.30. The average molecular weight is 824 g/mol. The molecule has 0 unspecified atom stereocenters. The summed E-state index contributed by atoms with van der Waals surface area (Å²) in [6.45, 7) is 0. The van der Waals surface area contributed by atoms with Crippen molar-refractivity contribution in [2.24, 2.45) is 11.5 Å². The Morgan fingerprint density at radius 3 is 2.47 bits per heavy atom. The third-order valence-corrected chi connectivity index (χ3v) is 12.1. The second-order valence-electron chi connectivity index (χ2n) is 15.6. The second kappa shape index (κ2) is 15.3. The summed E-state index contributed by atoms with van der Waals surface area (Å²) in [6, 6.07) is 23.3. The molecule has 4 aliphatic rings. The molecule has 16 nitrogen and oxygen atoms in total. The molecule has 5 heterocycles. The average Bonchev–Trinajstić information content (AvgIpc) is 3.80. The van der Waals surface area contributed by atoms with Crippen molar-refractivity contribution in [1.82, 2.24) is 4.98 Å². The zero-order valence-corrected chi connectivity index (χ0v) is 32.6. The van der Waals surface area contributed by atoms with Gasteiger partial charge in [-0.2, -0.15) is 0 Å². The summed E-state index contributed by atoms with van der Waals surface area (Å²) in [5.74, 6) is -0.806. The van der Waals surface area contributed by atoms with Crippen LogP contribution in [0.5, 0.6) is 28.7 Å². The van der Waals surface area contributed by atoms with E-state index in [0.717, 1.165) is 33.2 Å². The minimum atomic E-state index is -2.22. The first-order valence-electron chi connectivity index (χ1n) is 19.6. The number of aliphatic hydroxyl groups excluding tert-OH is 2. The highest BCUT2D eigenvalue weighted by Gasteiger charge is 2.60. The molecule has 0 saturated carbocycles. The van der Waals surface area contributed by atoms with Gasteiger partial charge in [0.05, 0.1) is 26.3 Å². The van der Waals surface area contributed by atoms with Crippen LogP contribution in [0.3, 0.4) is 0 Å². The summed E-state index contributed by atoms with van der Waals surface area (Å²) in [6.07, 6.45) is -9.99. The highest BCUT2D eigenvalue weighted by atomic mass is 16.7. The van der Waals surface area contributed by atoms with Crippen molar-refractivity contribution < 1.29 is 63.2 Å². The molecule has 314 valence electrons. The highest BCUT2D eigenvalue weighted by molar-refractivity contribution is 5.98. The van der Waals surface area contributed by atoms with Gasteiger partial charge < -0.3 is 70.0 Å². The first-order chi connectivity index (χ1) is 28.9. The molecule has 9 atom stereocenters. The van der Waals surface area contributed by atoms with Gasteiger partial charge >= 0.3 is 11.9 Å². The first-order valence-corrected chi connectivity index (χ1v) is 19.6. The van der Waals surface area contributed by atoms with Crippen LogP contribution in [-0.4, -0.2) is 100 Å². The summed E-state index contributed by atoms with van der Waals surface area (Å²) in [5.41, 5.74) is 15.4. The number of para-hydroxylation sites is 1. The molecule has 9 N–H and O–H groups in total. The lowest BCUT2D eigenvalue weighted by atomic mass is 9.77. The van der Waals surface area contributed by atoms with Crippen molar-refractivity contribution in [3.63, 3.8) is 0 Å². The van der Waals surface area contributed by atoms with Crippen molar-refractivity contribution in [1.29, 1.82) is 0 Å². The minimum Gasteiger partial charge on any atom is -0.493 e. The fraction of sp³-hybridized carbons (Fsp3) is 0.364. The number of carboxylic acid groups (broad SMARTS) is 1. The zero-order valence-electron chi connectivity index (χ0n) is 32.6. The molecule has 0 amide bonds. The van der Waals surface area contributed by atoms with Crippen LogP contribution < -0.4 is 35.2 Å². The van der Waals surface area contributed by atoms with Crippen LogP contribution >= 0.6 is 0 Å². The van der Waals surface area contributed by atoms with E-state index in [1.54, 1.807) is 20.3 Å². The number of fused-ring (bicyclic) bond motifs is 8. The van der Waals surface area contributed by atoms with Gasteiger partial charge in [-0.05, 0) is 30.5 Å². The molecule has 0 bridgehead atoms. The summed E-state index contributed by atoms with van der Waals surface area (Å²) in [4.78, 5) is 27.1. The van der Waals surface area contributed by atoms with Gasteiger partial charge in [-0.1, -0.05) is 54.6 Å². The topological polar surface area (TPSA) is 248 Å². The number of benzene rings is 4. The number of carboxylic acids is 1. The number of rotatable bonds is 10. The third kappa shape index (κ3) is 6.47. The SMILES string of the molecule is COc1ccc2c(c1OC)O[C@H]1c3c(cc4c(c3-c3c[nH]c5ccccc35)CC[C@]3(O)[C@H](O4)O[C@H]([C@H](OC(=O)CC(=O)O)C(N)N)[C@@H](O)[C@@H]3O)O[C@@H](Cc3ccccc3)[C@@H]21. The molecule has 4 aromatic carbocycles. The van der Waals surface area contributed by atoms with E-state index in [2.05, 4.69) is 4.98 Å². The number of aromatic amines is 1. The van der Waals surface area contributed by atoms with E-state index in [0.29, 0.717) is 40.5 Å². The van der Waals surface area contributed by atoms with E-state index >= 15 is 0 Å². The molecule has 60 heavy (non-hydrogen) atoms. The molecule has 1 fully saturated rings. The summed E-state index contributed by atoms with van der Waals surface area (Å²) < 4.78 is 43.7. The first kappa shape index (κ1) is 39.6. The van der Waals surface area contributed by atoms with E-state index < -0.39 is 73.0 Å². The number of aliphatic carboxylic acids is 1. The normalized spacial score (nSPS) is 26.8. The molecule has 5 aromatic rings. The van der Waals surface area contributed by atoms with Crippen molar-refractivity contribution in [2.75, 3.05) is 14.2 Å². The quantitative estimate of drug-likeness (QED) is 0.0607. The van der Waals surface area contributed by atoms with Crippen molar-refractivity contribution in [2.45, 2.75) is 86.3 Å². The van der Waals surface area contributed by atoms with E-state index in [1.165, 1.54) is 0 Å². The largest absolute Gasteiger partial charge is 0.493 e. The number of aromatic nitrogens is 1. The van der Waals surface area contributed by atoms with Gasteiger partial charge in [-0.15, -0.1) is 0 Å². The lowest BCUT2D eigenvalue weighted by Crippen LogP contribution is -2.71.